The summed E-state index contributed by atoms with van der Waals surface area (Å²) in [5.74, 6) is 0. The van der Waals surface area contributed by atoms with Gasteiger partial charge in [-0.1, -0.05) is 135 Å². The van der Waals surface area contributed by atoms with Crippen LogP contribution in [0.15, 0.2) is 176 Å². The van der Waals surface area contributed by atoms with Crippen molar-refractivity contribution in [3.05, 3.63) is 187 Å². The standard InChI is InChI=1S/C46H34N2.C2H6/c1-5-15-33(16-6-1)36-29-37(34-17-7-2-8-18-34)31-41(30-36)48-44-28-25-35-19-13-14-24-42(35)46(44)43-27-26-40(32-45(43)48)47(38-20-9-3-10-21-38)39-22-11-4-12-23-39;1-2/h1-12,14-18,20-32H,13,19H2;1-2H3. The van der Waals surface area contributed by atoms with Crippen molar-refractivity contribution >= 4 is 44.9 Å². The Labute approximate surface area is 295 Å². The first kappa shape index (κ1) is 31.2. The van der Waals surface area contributed by atoms with Gasteiger partial charge in [-0.15, -0.1) is 0 Å². The van der Waals surface area contributed by atoms with Crippen LogP contribution >= 0.6 is 0 Å². The van der Waals surface area contributed by atoms with Gasteiger partial charge in [0.1, 0.15) is 0 Å². The summed E-state index contributed by atoms with van der Waals surface area (Å²) >= 11 is 0. The molecule has 0 saturated heterocycles. The molecule has 8 aromatic rings. The third-order valence-electron chi connectivity index (χ3n) is 9.59. The quantitative estimate of drug-likeness (QED) is 0.175. The molecule has 2 nitrogen and oxygen atoms in total. The average molecular weight is 645 g/mol. The Morgan fingerprint density at radius 3 is 1.62 bits per heavy atom. The van der Waals surface area contributed by atoms with Crippen LogP contribution in [0.25, 0.3) is 55.8 Å². The van der Waals surface area contributed by atoms with E-state index in [2.05, 4.69) is 191 Å². The largest absolute Gasteiger partial charge is 0.310 e. The molecule has 0 spiro atoms. The van der Waals surface area contributed by atoms with Gasteiger partial charge in [-0.05, 0) is 107 Å². The predicted octanol–water partition coefficient (Wildman–Crippen LogP) is 13.6. The van der Waals surface area contributed by atoms with Gasteiger partial charge in [-0.3, -0.25) is 0 Å². The molecule has 2 heteroatoms. The summed E-state index contributed by atoms with van der Waals surface area (Å²) in [6, 6.07) is 61.5. The summed E-state index contributed by atoms with van der Waals surface area (Å²) in [6.07, 6.45) is 6.83. The first-order chi connectivity index (χ1) is 24.8. The zero-order chi connectivity index (χ0) is 33.9. The SMILES string of the molecule is C1=Cc2c(ccc3c2c2ccc(N(c4ccccc4)c4ccccc4)cc2n3-c2cc(-c3ccccc3)cc(-c3ccccc3)c2)CC1.CC. The lowest BCUT2D eigenvalue weighted by atomic mass is 9.93. The maximum atomic E-state index is 2.49. The molecule has 0 aliphatic heterocycles. The fraction of sp³-hybridized carbons (Fsp3) is 0.0833. The van der Waals surface area contributed by atoms with Crippen molar-refractivity contribution in [3.8, 4) is 27.9 Å². The van der Waals surface area contributed by atoms with E-state index in [1.54, 1.807) is 0 Å². The number of rotatable bonds is 6. The highest BCUT2D eigenvalue weighted by molar-refractivity contribution is 6.14. The van der Waals surface area contributed by atoms with Crippen molar-refractivity contribution in [1.82, 2.24) is 4.57 Å². The van der Waals surface area contributed by atoms with E-state index in [1.807, 2.05) is 13.8 Å². The minimum atomic E-state index is 1.07. The Morgan fingerprint density at radius 1 is 0.480 bits per heavy atom. The van der Waals surface area contributed by atoms with Crippen LogP contribution in [0.2, 0.25) is 0 Å². The zero-order valence-electron chi connectivity index (χ0n) is 28.6. The Kier molecular flexibility index (Phi) is 8.59. The highest BCUT2D eigenvalue weighted by Crippen LogP contribution is 2.43. The minimum absolute atomic E-state index is 1.07. The van der Waals surface area contributed by atoms with Gasteiger partial charge in [0.25, 0.3) is 0 Å². The molecule has 9 rings (SSSR count). The summed E-state index contributed by atoms with van der Waals surface area (Å²) in [4.78, 5) is 2.35. The molecule has 0 N–H and O–H groups in total. The van der Waals surface area contributed by atoms with Gasteiger partial charge in [-0.25, -0.2) is 0 Å². The molecule has 1 aromatic heterocycles. The number of anilines is 3. The molecule has 0 unspecified atom stereocenters. The van der Waals surface area contributed by atoms with E-state index in [0.717, 1.165) is 35.6 Å². The third-order valence-corrected chi connectivity index (χ3v) is 9.59. The smallest absolute Gasteiger partial charge is 0.0562 e. The summed E-state index contributed by atoms with van der Waals surface area (Å²) in [5.41, 5.74) is 14.5. The van der Waals surface area contributed by atoms with E-state index in [0.29, 0.717) is 0 Å². The van der Waals surface area contributed by atoms with Gasteiger partial charge in [0.2, 0.25) is 0 Å². The van der Waals surface area contributed by atoms with Crippen molar-refractivity contribution in [2.24, 2.45) is 0 Å². The molecule has 0 amide bonds. The molecule has 0 radical (unpaired) electrons. The van der Waals surface area contributed by atoms with Gasteiger partial charge in [0.05, 0.1) is 11.0 Å². The first-order valence-electron chi connectivity index (χ1n) is 17.7. The Balaban J connectivity index is 0.00000177. The fourth-order valence-electron chi connectivity index (χ4n) is 7.37. The topological polar surface area (TPSA) is 8.17 Å². The maximum Gasteiger partial charge on any atom is 0.0562 e. The molecular formula is C48H40N2. The van der Waals surface area contributed by atoms with E-state index < -0.39 is 0 Å². The Morgan fingerprint density at radius 2 is 1.04 bits per heavy atom. The van der Waals surface area contributed by atoms with Crippen LogP contribution in [0.4, 0.5) is 17.1 Å². The fourth-order valence-corrected chi connectivity index (χ4v) is 7.37. The first-order valence-corrected chi connectivity index (χ1v) is 17.7. The highest BCUT2D eigenvalue weighted by atomic mass is 15.1. The van der Waals surface area contributed by atoms with Crippen molar-refractivity contribution in [1.29, 1.82) is 0 Å². The van der Waals surface area contributed by atoms with Crippen LogP contribution in [0.5, 0.6) is 0 Å². The molecular weight excluding hydrogens is 605 g/mol. The van der Waals surface area contributed by atoms with E-state index in [4.69, 9.17) is 0 Å². The van der Waals surface area contributed by atoms with Crippen molar-refractivity contribution in [2.75, 3.05) is 4.90 Å². The normalized spacial score (nSPS) is 12.0. The average Bonchev–Trinajstić information content (AvgIpc) is 3.54. The van der Waals surface area contributed by atoms with Gasteiger partial charge < -0.3 is 9.47 Å². The number of allylic oxidation sites excluding steroid dienone is 1. The van der Waals surface area contributed by atoms with E-state index in [9.17, 15) is 0 Å². The molecule has 1 heterocycles. The number of hydrogen-bond acceptors (Lipinski definition) is 1. The molecule has 0 fully saturated rings. The molecule has 0 atom stereocenters. The number of nitrogens with zero attached hydrogens (tertiary/aromatic N) is 2. The molecule has 0 saturated carbocycles. The number of benzene rings is 7. The zero-order valence-corrected chi connectivity index (χ0v) is 28.6. The van der Waals surface area contributed by atoms with Crippen molar-refractivity contribution in [2.45, 2.75) is 26.7 Å². The van der Waals surface area contributed by atoms with E-state index in [-0.39, 0.29) is 0 Å². The number of aromatic nitrogens is 1. The highest BCUT2D eigenvalue weighted by Gasteiger charge is 2.21. The van der Waals surface area contributed by atoms with Crippen LogP contribution in [0.1, 0.15) is 31.4 Å². The lowest BCUT2D eigenvalue weighted by molar-refractivity contribution is 0.989. The monoisotopic (exact) mass is 644 g/mol. The summed E-state index contributed by atoms with van der Waals surface area (Å²) in [5, 5.41) is 2.59. The number of hydrogen-bond donors (Lipinski definition) is 0. The van der Waals surface area contributed by atoms with Crippen molar-refractivity contribution < 1.29 is 0 Å². The molecule has 242 valence electrons. The van der Waals surface area contributed by atoms with Crippen LogP contribution in [0, 0.1) is 0 Å². The van der Waals surface area contributed by atoms with Gasteiger partial charge >= 0.3 is 0 Å². The lowest BCUT2D eigenvalue weighted by Gasteiger charge is -2.25. The van der Waals surface area contributed by atoms with E-state index in [1.165, 1.54) is 55.2 Å². The number of fused-ring (bicyclic) bond motifs is 5. The van der Waals surface area contributed by atoms with Crippen molar-refractivity contribution in [3.63, 3.8) is 0 Å². The number of para-hydroxylation sites is 2. The maximum absolute atomic E-state index is 2.49. The minimum Gasteiger partial charge on any atom is -0.310 e. The second-order valence-electron chi connectivity index (χ2n) is 12.5. The van der Waals surface area contributed by atoms with Crippen LogP contribution < -0.4 is 4.90 Å². The van der Waals surface area contributed by atoms with Gasteiger partial charge in [-0.2, -0.15) is 0 Å². The second-order valence-corrected chi connectivity index (χ2v) is 12.5. The molecule has 1 aliphatic rings. The molecule has 1 aliphatic carbocycles. The van der Waals surface area contributed by atoms with E-state index >= 15 is 0 Å². The molecule has 7 aromatic carbocycles. The summed E-state index contributed by atoms with van der Waals surface area (Å²) in [7, 11) is 0. The second kappa shape index (κ2) is 13.8. The van der Waals surface area contributed by atoms with Gasteiger partial charge in [0, 0.05) is 33.5 Å². The third kappa shape index (κ3) is 5.69. The van der Waals surface area contributed by atoms with Gasteiger partial charge in [0.15, 0.2) is 0 Å². The summed E-state index contributed by atoms with van der Waals surface area (Å²) in [6.45, 7) is 4.00. The number of aryl methyl sites for hydroxylation is 1. The summed E-state index contributed by atoms with van der Waals surface area (Å²) < 4.78 is 2.49. The van der Waals surface area contributed by atoms with Crippen LogP contribution in [-0.2, 0) is 6.42 Å². The van der Waals surface area contributed by atoms with Crippen LogP contribution in [-0.4, -0.2) is 4.57 Å². The lowest BCUT2D eigenvalue weighted by Crippen LogP contribution is -2.09. The molecule has 0 bridgehead atoms. The van der Waals surface area contributed by atoms with Crippen LogP contribution in [0.3, 0.4) is 0 Å². The molecule has 50 heavy (non-hydrogen) atoms. The predicted molar refractivity (Wildman–Crippen MR) is 215 cm³/mol. The Hall–Kier alpha value is -6.12. The Bertz CT molecular complexity index is 2330.